The van der Waals surface area contributed by atoms with Gasteiger partial charge >= 0.3 is 0 Å². The molecule has 2 N–H and O–H groups in total. The van der Waals surface area contributed by atoms with Crippen LogP contribution in [-0.4, -0.2) is 24.6 Å². The zero-order valence-corrected chi connectivity index (χ0v) is 17.6. The largest absolute Gasteiger partial charge is 0.495 e. The first kappa shape index (κ1) is 19.9. The number of amides is 2. The molecule has 2 amide bonds. The highest BCUT2D eigenvalue weighted by Gasteiger charge is 2.54. The number of nitrogens with zero attached hydrogens (tertiary/aromatic N) is 1. The average Bonchev–Trinajstić information content (AvgIpc) is 2.65. The smallest absolute Gasteiger partial charge is 0.246 e. The Bertz CT molecular complexity index is 810. The van der Waals surface area contributed by atoms with Gasteiger partial charge in [-0.15, -0.1) is 0 Å². The highest BCUT2D eigenvalue weighted by atomic mass is 16.5. The first-order valence-electron chi connectivity index (χ1n) is 10.6. The zero-order chi connectivity index (χ0) is 20.6. The fourth-order valence-corrected chi connectivity index (χ4v) is 6.04. The molecule has 0 heterocycles. The monoisotopic (exact) mass is 397 g/mol. The Morgan fingerprint density at radius 2 is 1.76 bits per heavy atom. The van der Waals surface area contributed by atoms with Crippen LogP contribution in [0.3, 0.4) is 0 Å². The topological polar surface area (TPSA) is 79.8 Å². The Morgan fingerprint density at radius 1 is 1.14 bits per heavy atom. The Hall–Kier alpha value is -2.37. The van der Waals surface area contributed by atoms with Crippen molar-refractivity contribution in [2.45, 2.75) is 58.8 Å². The molecule has 0 atom stereocenters. The number of hydrogen-bond acceptors (Lipinski definition) is 4. The number of benzene rings is 1. The molecule has 4 fully saturated rings. The summed E-state index contributed by atoms with van der Waals surface area (Å²) in [6, 6.07) is 5.64. The number of methoxy groups -OCH3 is 1. The molecule has 4 aliphatic rings. The van der Waals surface area contributed by atoms with Crippen molar-refractivity contribution in [1.29, 1.82) is 0 Å². The average molecular weight is 398 g/mol. The van der Waals surface area contributed by atoms with Crippen LogP contribution in [0.25, 0.3) is 0 Å². The summed E-state index contributed by atoms with van der Waals surface area (Å²) in [5.74, 6) is 2.64. The molecule has 4 aliphatic carbocycles. The van der Waals surface area contributed by atoms with Gasteiger partial charge in [-0.2, -0.15) is 5.10 Å². The van der Waals surface area contributed by atoms with Gasteiger partial charge in [-0.25, -0.2) is 5.43 Å². The molecule has 6 heteroatoms. The van der Waals surface area contributed by atoms with Crippen LogP contribution in [0, 0.1) is 30.1 Å². The fraction of sp³-hybridized carbons (Fsp3) is 0.609. The first-order valence-corrected chi connectivity index (χ1v) is 10.6. The molecule has 0 unspecified atom stereocenters. The zero-order valence-electron chi connectivity index (χ0n) is 17.6. The molecule has 0 aromatic heterocycles. The van der Waals surface area contributed by atoms with E-state index in [1.807, 2.05) is 25.1 Å². The van der Waals surface area contributed by atoms with Gasteiger partial charge in [-0.05, 0) is 87.8 Å². The maximum atomic E-state index is 13.0. The van der Waals surface area contributed by atoms with E-state index in [-0.39, 0.29) is 23.7 Å². The number of nitrogens with one attached hydrogen (secondary N) is 2. The summed E-state index contributed by atoms with van der Waals surface area (Å²) in [5, 5.41) is 7.12. The van der Waals surface area contributed by atoms with E-state index in [4.69, 9.17) is 4.74 Å². The summed E-state index contributed by atoms with van der Waals surface area (Å²) in [5.41, 5.74) is 4.83. The van der Waals surface area contributed by atoms with Gasteiger partial charge < -0.3 is 10.1 Å². The van der Waals surface area contributed by atoms with Crippen LogP contribution in [0.2, 0.25) is 0 Å². The van der Waals surface area contributed by atoms with Crippen LogP contribution < -0.4 is 15.5 Å². The molecular formula is C23H31N3O3. The molecule has 0 spiro atoms. The lowest BCUT2D eigenvalue weighted by Gasteiger charge is -2.55. The molecule has 0 radical (unpaired) electrons. The molecule has 156 valence electrons. The van der Waals surface area contributed by atoms with Crippen molar-refractivity contribution in [2.75, 3.05) is 12.4 Å². The predicted octanol–water partition coefficient (Wildman–Crippen LogP) is 4.04. The number of rotatable bonds is 6. The predicted molar refractivity (Wildman–Crippen MR) is 113 cm³/mol. The van der Waals surface area contributed by atoms with Gasteiger partial charge in [0.25, 0.3) is 0 Å². The van der Waals surface area contributed by atoms with Crippen molar-refractivity contribution in [3.63, 3.8) is 0 Å². The van der Waals surface area contributed by atoms with E-state index >= 15 is 0 Å². The van der Waals surface area contributed by atoms with E-state index in [2.05, 4.69) is 15.8 Å². The molecule has 4 bridgehead atoms. The van der Waals surface area contributed by atoms with Crippen molar-refractivity contribution >= 4 is 23.2 Å². The maximum Gasteiger partial charge on any atom is 0.246 e. The summed E-state index contributed by atoms with van der Waals surface area (Å²) in [6.07, 6.45) is 7.05. The third-order valence-electron chi connectivity index (χ3n) is 6.91. The van der Waals surface area contributed by atoms with Crippen molar-refractivity contribution in [2.24, 2.45) is 28.3 Å². The summed E-state index contributed by atoms with van der Waals surface area (Å²) >= 11 is 0. The molecule has 1 aromatic carbocycles. The molecule has 0 aliphatic heterocycles. The van der Waals surface area contributed by atoms with Crippen LogP contribution in [0.5, 0.6) is 5.75 Å². The van der Waals surface area contributed by atoms with Crippen LogP contribution in [0.1, 0.15) is 57.4 Å². The fourth-order valence-electron chi connectivity index (χ4n) is 6.04. The summed E-state index contributed by atoms with van der Waals surface area (Å²) in [6.45, 7) is 3.73. The van der Waals surface area contributed by atoms with Crippen molar-refractivity contribution in [3.8, 4) is 5.75 Å². The maximum absolute atomic E-state index is 13.0. The summed E-state index contributed by atoms with van der Waals surface area (Å²) < 4.78 is 5.30. The summed E-state index contributed by atoms with van der Waals surface area (Å²) in [7, 11) is 1.58. The number of hydrogen-bond donors (Lipinski definition) is 2. The number of ether oxygens (including phenoxy) is 1. The number of anilines is 1. The van der Waals surface area contributed by atoms with Crippen LogP contribution >= 0.6 is 0 Å². The number of carbonyl (C=O) groups excluding carboxylic acids is 2. The minimum absolute atomic E-state index is 0.0525. The van der Waals surface area contributed by atoms with Gasteiger partial charge in [0.15, 0.2) is 0 Å². The SMILES string of the molecule is COc1ccc(C)cc1NC(=O)C/C(C)=N/NC(=O)C12CC3CC(CC(C3)C1)C2. The second kappa shape index (κ2) is 7.81. The standard InChI is InChI=1S/C23H31N3O3/c1-14-4-5-20(29-3)19(6-14)24-21(27)7-15(2)25-26-22(28)23-11-16-8-17(12-23)10-18(9-16)13-23/h4-6,16-18H,7-13H2,1-3H3,(H,24,27)(H,26,28)/b25-15+. The van der Waals surface area contributed by atoms with Gasteiger partial charge in [0.05, 0.1) is 24.6 Å². The Balaban J connectivity index is 1.34. The third kappa shape index (κ3) is 4.16. The van der Waals surface area contributed by atoms with Gasteiger partial charge in [-0.3, -0.25) is 9.59 Å². The van der Waals surface area contributed by atoms with E-state index in [1.165, 1.54) is 19.3 Å². The second-order valence-corrected chi connectivity index (χ2v) is 9.41. The molecular weight excluding hydrogens is 366 g/mol. The van der Waals surface area contributed by atoms with E-state index in [0.29, 0.717) is 34.9 Å². The lowest BCUT2D eigenvalue weighted by molar-refractivity contribution is -0.146. The molecule has 29 heavy (non-hydrogen) atoms. The van der Waals surface area contributed by atoms with Crippen molar-refractivity contribution < 1.29 is 14.3 Å². The number of carbonyl (C=O) groups is 2. The highest BCUT2D eigenvalue weighted by molar-refractivity contribution is 6.06. The van der Waals surface area contributed by atoms with Gasteiger partial charge in [0.2, 0.25) is 11.8 Å². The molecule has 1 aromatic rings. The normalized spacial score (nSPS) is 30.2. The molecule has 0 saturated heterocycles. The molecule has 6 nitrogen and oxygen atoms in total. The van der Waals surface area contributed by atoms with Gasteiger partial charge in [-0.1, -0.05) is 6.07 Å². The second-order valence-electron chi connectivity index (χ2n) is 9.41. The van der Waals surface area contributed by atoms with Crippen LogP contribution in [0.4, 0.5) is 5.69 Å². The van der Waals surface area contributed by atoms with Crippen LogP contribution in [0.15, 0.2) is 23.3 Å². The van der Waals surface area contributed by atoms with Gasteiger partial charge in [0.1, 0.15) is 5.75 Å². The van der Waals surface area contributed by atoms with E-state index in [1.54, 1.807) is 14.0 Å². The minimum Gasteiger partial charge on any atom is -0.495 e. The molecule has 4 saturated carbocycles. The van der Waals surface area contributed by atoms with E-state index in [0.717, 1.165) is 24.8 Å². The Kier molecular flexibility index (Phi) is 5.36. The molecule has 5 rings (SSSR count). The lowest BCUT2D eigenvalue weighted by Crippen LogP contribution is -2.52. The number of hydrazone groups is 1. The van der Waals surface area contributed by atoms with E-state index < -0.39 is 0 Å². The van der Waals surface area contributed by atoms with Gasteiger partial charge in [0, 0.05) is 5.71 Å². The quantitative estimate of drug-likeness (QED) is 0.562. The van der Waals surface area contributed by atoms with E-state index in [9.17, 15) is 9.59 Å². The number of aryl methyl sites for hydroxylation is 1. The van der Waals surface area contributed by atoms with Crippen LogP contribution in [-0.2, 0) is 9.59 Å². The Labute approximate surface area is 172 Å². The lowest BCUT2D eigenvalue weighted by atomic mass is 9.49. The minimum atomic E-state index is -0.226. The summed E-state index contributed by atoms with van der Waals surface area (Å²) in [4.78, 5) is 25.4. The van der Waals surface area contributed by atoms with Crippen molar-refractivity contribution in [1.82, 2.24) is 5.43 Å². The third-order valence-corrected chi connectivity index (χ3v) is 6.91. The highest BCUT2D eigenvalue weighted by Crippen LogP contribution is 2.60. The first-order chi connectivity index (χ1) is 13.9. The Morgan fingerprint density at radius 3 is 2.34 bits per heavy atom. The van der Waals surface area contributed by atoms with Crippen molar-refractivity contribution in [3.05, 3.63) is 23.8 Å².